The van der Waals surface area contributed by atoms with Crippen LogP contribution < -0.4 is 0 Å². The Balaban J connectivity index is 1.14. The summed E-state index contributed by atoms with van der Waals surface area (Å²) in [5, 5.41) is 4.45. The van der Waals surface area contributed by atoms with Gasteiger partial charge in [-0.25, -0.2) is 15.0 Å². The smallest absolute Gasteiger partial charge is 0.164 e. The normalized spacial score (nSPS) is 11.4. The lowest BCUT2D eigenvalue weighted by atomic mass is 9.97. The zero-order valence-electron chi connectivity index (χ0n) is 28.6. The molecule has 0 aliphatic rings. The van der Waals surface area contributed by atoms with E-state index in [-0.39, 0.29) is 0 Å². The second kappa shape index (κ2) is 12.9. The van der Waals surface area contributed by atoms with Gasteiger partial charge in [0.2, 0.25) is 0 Å². The minimum atomic E-state index is 0.582. The van der Waals surface area contributed by atoms with E-state index >= 15 is 0 Å². The number of hydrogen-bond acceptors (Lipinski definition) is 4. The highest BCUT2D eigenvalue weighted by atomic mass is 16.3. The summed E-state index contributed by atoms with van der Waals surface area (Å²) in [6, 6.07) is 65.2. The highest BCUT2D eigenvalue weighted by molar-refractivity contribution is 6.13. The Morgan fingerprint density at radius 1 is 0.302 bits per heavy atom. The molecule has 0 radical (unpaired) electrons. The van der Waals surface area contributed by atoms with Crippen LogP contribution in [0, 0.1) is 0 Å². The van der Waals surface area contributed by atoms with Crippen LogP contribution in [0.1, 0.15) is 0 Å². The minimum absolute atomic E-state index is 0.582. The van der Waals surface area contributed by atoms with Crippen LogP contribution in [0.3, 0.4) is 0 Å². The molecular weight excluding hydrogens is 647 g/mol. The van der Waals surface area contributed by atoms with Gasteiger partial charge in [0.25, 0.3) is 0 Å². The SMILES string of the molecule is c1ccc(-c2cccc(-c3nc(-c4ccc5c(-c6ccccc6)cccc5c4)nc(-c4ccc5c(c4)oc4cccc(-c6ccccc6)c45)n3)c2)cc1. The van der Waals surface area contributed by atoms with Gasteiger partial charge in [0.05, 0.1) is 0 Å². The lowest BCUT2D eigenvalue weighted by molar-refractivity contribution is 0.669. The first-order chi connectivity index (χ1) is 26.2. The quantitative estimate of drug-likeness (QED) is 0.176. The largest absolute Gasteiger partial charge is 0.456 e. The Labute approximate surface area is 306 Å². The summed E-state index contributed by atoms with van der Waals surface area (Å²) in [5.41, 5.74) is 11.2. The van der Waals surface area contributed by atoms with Crippen LogP contribution in [0.4, 0.5) is 0 Å². The third kappa shape index (κ3) is 5.63. The number of nitrogens with zero attached hydrogens (tertiary/aromatic N) is 3. The Kier molecular flexibility index (Phi) is 7.43. The molecule has 0 saturated carbocycles. The van der Waals surface area contributed by atoms with Gasteiger partial charge in [0.15, 0.2) is 17.5 Å². The number of hydrogen-bond donors (Lipinski definition) is 0. The van der Waals surface area contributed by atoms with Crippen molar-refractivity contribution in [2.24, 2.45) is 0 Å². The zero-order chi connectivity index (χ0) is 35.1. The molecule has 0 unspecified atom stereocenters. The first kappa shape index (κ1) is 30.6. The number of furan rings is 1. The molecule has 8 aromatic carbocycles. The highest BCUT2D eigenvalue weighted by Crippen LogP contribution is 2.39. The van der Waals surface area contributed by atoms with Gasteiger partial charge in [0, 0.05) is 27.5 Å². The molecule has 0 aliphatic carbocycles. The van der Waals surface area contributed by atoms with E-state index in [0.29, 0.717) is 17.5 Å². The first-order valence-electron chi connectivity index (χ1n) is 17.8. The van der Waals surface area contributed by atoms with Gasteiger partial charge in [-0.05, 0) is 74.5 Å². The monoisotopic (exact) mass is 677 g/mol. The van der Waals surface area contributed by atoms with Gasteiger partial charge in [0.1, 0.15) is 11.2 Å². The van der Waals surface area contributed by atoms with E-state index in [1.165, 1.54) is 16.5 Å². The molecule has 0 atom stereocenters. The third-order valence-corrected chi connectivity index (χ3v) is 9.93. The van der Waals surface area contributed by atoms with Crippen LogP contribution in [0.25, 0.3) is 100 Å². The number of aromatic nitrogens is 3. The molecule has 53 heavy (non-hydrogen) atoms. The van der Waals surface area contributed by atoms with E-state index < -0.39 is 0 Å². The fourth-order valence-corrected chi connectivity index (χ4v) is 7.35. The van der Waals surface area contributed by atoms with Crippen molar-refractivity contribution < 1.29 is 4.42 Å². The second-order valence-corrected chi connectivity index (χ2v) is 13.2. The van der Waals surface area contributed by atoms with E-state index in [2.05, 4.69) is 164 Å². The molecule has 10 aromatic rings. The average molecular weight is 678 g/mol. The number of fused-ring (bicyclic) bond motifs is 4. The van der Waals surface area contributed by atoms with Crippen LogP contribution in [0.15, 0.2) is 192 Å². The van der Waals surface area contributed by atoms with Crippen molar-refractivity contribution in [2.75, 3.05) is 0 Å². The molecule has 2 aromatic heterocycles. The maximum absolute atomic E-state index is 6.50. The van der Waals surface area contributed by atoms with Crippen LogP contribution in [-0.4, -0.2) is 15.0 Å². The van der Waals surface area contributed by atoms with Gasteiger partial charge in [-0.2, -0.15) is 0 Å². The summed E-state index contributed by atoms with van der Waals surface area (Å²) < 4.78 is 6.50. The summed E-state index contributed by atoms with van der Waals surface area (Å²) in [5.74, 6) is 1.80. The lowest BCUT2D eigenvalue weighted by Crippen LogP contribution is -2.00. The topological polar surface area (TPSA) is 51.8 Å². The Morgan fingerprint density at radius 2 is 0.811 bits per heavy atom. The number of rotatable bonds is 6. The fourth-order valence-electron chi connectivity index (χ4n) is 7.35. The standard InChI is InChI=1S/C49H31N3O/c1-4-13-32(14-5-1)35-19-10-21-37(29-35)47-50-48(38-25-27-41-36(30-38)20-11-22-40(41)33-15-6-2-7-16-33)52-49(51-47)39-26-28-43-45(31-39)53-44-24-12-23-42(46(43)44)34-17-8-3-9-18-34/h1-31H. The first-order valence-corrected chi connectivity index (χ1v) is 17.8. The van der Waals surface area contributed by atoms with Gasteiger partial charge in [-0.15, -0.1) is 0 Å². The Hall–Kier alpha value is -7.17. The third-order valence-electron chi connectivity index (χ3n) is 9.93. The van der Waals surface area contributed by atoms with Crippen LogP contribution in [-0.2, 0) is 0 Å². The van der Waals surface area contributed by atoms with Crippen molar-refractivity contribution in [3.8, 4) is 67.5 Å². The molecule has 0 saturated heterocycles. The van der Waals surface area contributed by atoms with Crippen LogP contribution in [0.2, 0.25) is 0 Å². The molecule has 248 valence electrons. The highest BCUT2D eigenvalue weighted by Gasteiger charge is 2.17. The summed E-state index contributed by atoms with van der Waals surface area (Å²) in [4.78, 5) is 15.4. The molecule has 0 N–H and O–H groups in total. The summed E-state index contributed by atoms with van der Waals surface area (Å²) in [7, 11) is 0. The summed E-state index contributed by atoms with van der Waals surface area (Å²) in [6.07, 6.45) is 0. The van der Waals surface area contributed by atoms with Crippen molar-refractivity contribution in [3.05, 3.63) is 188 Å². The molecule has 0 fully saturated rings. The maximum atomic E-state index is 6.50. The molecule has 0 spiro atoms. The molecule has 0 amide bonds. The molecule has 4 nitrogen and oxygen atoms in total. The van der Waals surface area contributed by atoms with E-state index in [1.54, 1.807) is 0 Å². The summed E-state index contributed by atoms with van der Waals surface area (Å²) in [6.45, 7) is 0. The predicted molar refractivity (Wildman–Crippen MR) is 217 cm³/mol. The maximum Gasteiger partial charge on any atom is 0.164 e. The van der Waals surface area contributed by atoms with Crippen molar-refractivity contribution in [3.63, 3.8) is 0 Å². The molecule has 0 aliphatic heterocycles. The predicted octanol–water partition coefficient (Wildman–Crippen LogP) is 12.9. The molecule has 4 heteroatoms. The van der Waals surface area contributed by atoms with Crippen LogP contribution in [0.5, 0.6) is 0 Å². The van der Waals surface area contributed by atoms with Gasteiger partial charge in [-0.3, -0.25) is 0 Å². The molecular formula is C49H31N3O. The number of benzene rings is 8. The lowest BCUT2D eigenvalue weighted by Gasteiger charge is -2.11. The Morgan fingerprint density at radius 3 is 1.51 bits per heavy atom. The van der Waals surface area contributed by atoms with Crippen LogP contribution >= 0.6 is 0 Å². The Bertz CT molecular complexity index is 2940. The van der Waals surface area contributed by atoms with Crippen molar-refractivity contribution in [2.45, 2.75) is 0 Å². The van der Waals surface area contributed by atoms with E-state index in [0.717, 1.165) is 66.3 Å². The van der Waals surface area contributed by atoms with Gasteiger partial charge in [-0.1, -0.05) is 158 Å². The average Bonchev–Trinajstić information content (AvgIpc) is 3.62. The fraction of sp³-hybridized carbons (Fsp3) is 0. The van der Waals surface area contributed by atoms with Crippen molar-refractivity contribution >= 4 is 32.7 Å². The molecule has 10 rings (SSSR count). The minimum Gasteiger partial charge on any atom is -0.456 e. The van der Waals surface area contributed by atoms with Gasteiger partial charge < -0.3 is 4.42 Å². The zero-order valence-corrected chi connectivity index (χ0v) is 28.6. The van der Waals surface area contributed by atoms with Crippen molar-refractivity contribution in [1.82, 2.24) is 15.0 Å². The van der Waals surface area contributed by atoms with E-state index in [1.807, 2.05) is 24.3 Å². The van der Waals surface area contributed by atoms with E-state index in [4.69, 9.17) is 19.4 Å². The van der Waals surface area contributed by atoms with Gasteiger partial charge >= 0.3 is 0 Å². The van der Waals surface area contributed by atoms with E-state index in [9.17, 15) is 0 Å². The molecule has 2 heterocycles. The summed E-state index contributed by atoms with van der Waals surface area (Å²) >= 11 is 0. The second-order valence-electron chi connectivity index (χ2n) is 13.2. The van der Waals surface area contributed by atoms with Crippen molar-refractivity contribution in [1.29, 1.82) is 0 Å². The molecule has 0 bridgehead atoms.